The predicted octanol–water partition coefficient (Wildman–Crippen LogP) is 1.58. The van der Waals surface area contributed by atoms with E-state index in [0.29, 0.717) is 5.69 Å². The van der Waals surface area contributed by atoms with Crippen LogP contribution in [0, 0.1) is 0 Å². The smallest absolute Gasteiger partial charge is 0.448 e. The van der Waals surface area contributed by atoms with Gasteiger partial charge in [0.15, 0.2) is 5.68 Å². The molecule has 0 saturated carbocycles. The summed E-state index contributed by atoms with van der Waals surface area (Å²) in [5.41, 5.74) is 0.933. The lowest BCUT2D eigenvalue weighted by molar-refractivity contribution is 0.103. The van der Waals surface area contributed by atoms with Crippen LogP contribution in [0.1, 0.15) is 10.4 Å². The predicted molar refractivity (Wildman–Crippen MR) is 79.8 cm³/mol. The summed E-state index contributed by atoms with van der Waals surface area (Å²) in [4.78, 5) is 11.7. The van der Waals surface area contributed by atoms with Gasteiger partial charge >= 0.3 is 14.8 Å². The molecule has 0 unspecified atom stereocenters. The second kappa shape index (κ2) is 7.49. The minimum absolute atomic E-state index is 0.259. The largest absolute Gasteiger partial charge is 0.521 e. The fourth-order valence-electron chi connectivity index (χ4n) is 1.59. The number of nitrogens with zero attached hydrogens (tertiary/aromatic N) is 2. The molecule has 104 valence electrons. The van der Waals surface area contributed by atoms with E-state index in [1.54, 1.807) is 12.1 Å². The fourth-order valence-corrected chi connectivity index (χ4v) is 1.59. The summed E-state index contributed by atoms with van der Waals surface area (Å²) in [6.07, 6.45) is 0. The molecule has 2 N–H and O–H groups in total. The minimum atomic E-state index is -1.67. The average Bonchev–Trinajstić information content (AvgIpc) is 2.54. The summed E-state index contributed by atoms with van der Waals surface area (Å²) < 4.78 is 4.41. The molecule has 0 aliphatic heterocycles. The van der Waals surface area contributed by atoms with E-state index in [-0.39, 0.29) is 5.56 Å². The summed E-state index contributed by atoms with van der Waals surface area (Å²) in [7, 11) is -2.40. The summed E-state index contributed by atoms with van der Waals surface area (Å²) in [5, 5.41) is 25.9. The quantitative estimate of drug-likeness (QED) is 0.621. The molecule has 6 nitrogen and oxygen atoms in total. The SMILES string of the molecule is O=C(B(O)OBO)c1ccc(N=Nc2ccccc2)cc1. The van der Waals surface area contributed by atoms with Gasteiger partial charge in [0.25, 0.3) is 0 Å². The number of hydrogen-bond acceptors (Lipinski definition) is 6. The molecule has 0 aliphatic carbocycles. The maximum atomic E-state index is 11.7. The molecule has 2 aromatic rings. The summed E-state index contributed by atoms with van der Waals surface area (Å²) >= 11 is 0. The lowest BCUT2D eigenvalue weighted by atomic mass is 9.78. The van der Waals surface area contributed by atoms with Crippen molar-refractivity contribution in [2.24, 2.45) is 10.2 Å². The standard InChI is InChI=1S/C13H12B2N2O4/c18-13(15(20)21-14-19)10-6-8-12(9-7-10)17-16-11-4-2-1-3-5-11/h1-9,14,19-20H. The van der Waals surface area contributed by atoms with Gasteiger partial charge in [-0.25, -0.2) is 0 Å². The second-order valence-corrected chi connectivity index (χ2v) is 4.09. The van der Waals surface area contributed by atoms with Gasteiger partial charge in [-0.3, -0.25) is 4.79 Å². The summed E-state index contributed by atoms with van der Waals surface area (Å²) in [6, 6.07) is 15.5. The molecule has 0 radical (unpaired) electrons. The van der Waals surface area contributed by atoms with Crippen molar-refractivity contribution in [3.05, 3.63) is 60.2 Å². The zero-order valence-electron chi connectivity index (χ0n) is 11.1. The Morgan fingerprint density at radius 3 is 2.14 bits per heavy atom. The van der Waals surface area contributed by atoms with E-state index in [0.717, 1.165) is 5.69 Å². The Labute approximate surface area is 122 Å². The van der Waals surface area contributed by atoms with E-state index in [2.05, 4.69) is 14.8 Å². The van der Waals surface area contributed by atoms with E-state index in [4.69, 9.17) is 5.02 Å². The van der Waals surface area contributed by atoms with Crippen LogP contribution in [0.15, 0.2) is 64.8 Å². The monoisotopic (exact) mass is 282 g/mol. The van der Waals surface area contributed by atoms with Crippen molar-refractivity contribution >= 4 is 31.9 Å². The Balaban J connectivity index is 2.05. The molecule has 0 amide bonds. The molecule has 0 aliphatic rings. The third kappa shape index (κ3) is 4.35. The normalized spacial score (nSPS) is 10.6. The molecule has 0 aromatic heterocycles. The van der Waals surface area contributed by atoms with Crippen LogP contribution >= 0.6 is 0 Å². The Kier molecular flexibility index (Phi) is 5.39. The highest BCUT2D eigenvalue weighted by molar-refractivity contribution is 6.84. The molecule has 0 bridgehead atoms. The van der Waals surface area contributed by atoms with Crippen molar-refractivity contribution in [1.82, 2.24) is 0 Å². The van der Waals surface area contributed by atoms with Crippen LogP contribution in [0.3, 0.4) is 0 Å². The second-order valence-electron chi connectivity index (χ2n) is 4.09. The van der Waals surface area contributed by atoms with Gasteiger partial charge in [0, 0.05) is 5.56 Å². The minimum Gasteiger partial charge on any atom is -0.448 e. The van der Waals surface area contributed by atoms with Gasteiger partial charge in [-0.2, -0.15) is 10.2 Å². The number of hydrogen-bond donors (Lipinski definition) is 2. The Morgan fingerprint density at radius 1 is 1.00 bits per heavy atom. The molecule has 0 saturated heterocycles. The lowest BCUT2D eigenvalue weighted by Gasteiger charge is -2.04. The highest BCUT2D eigenvalue weighted by atomic mass is 16.5. The van der Waals surface area contributed by atoms with Crippen molar-refractivity contribution in [1.29, 1.82) is 0 Å². The first-order valence-electron chi connectivity index (χ1n) is 6.22. The topological polar surface area (TPSA) is 91.5 Å². The van der Waals surface area contributed by atoms with Gasteiger partial charge in [0.2, 0.25) is 0 Å². The Hall–Kier alpha value is -2.28. The van der Waals surface area contributed by atoms with Crippen LogP contribution in [0.4, 0.5) is 11.4 Å². The molecule has 2 rings (SSSR count). The van der Waals surface area contributed by atoms with Gasteiger partial charge in [0.1, 0.15) is 0 Å². The van der Waals surface area contributed by atoms with Crippen LogP contribution in [-0.2, 0) is 4.57 Å². The van der Waals surface area contributed by atoms with Crippen LogP contribution in [0.5, 0.6) is 0 Å². The molecule has 8 heteroatoms. The van der Waals surface area contributed by atoms with Crippen LogP contribution in [0.2, 0.25) is 0 Å². The van der Waals surface area contributed by atoms with Crippen LogP contribution < -0.4 is 0 Å². The van der Waals surface area contributed by atoms with E-state index in [1.807, 2.05) is 30.3 Å². The first-order valence-corrected chi connectivity index (χ1v) is 6.22. The maximum Gasteiger partial charge on any atom is 0.521 e. The number of azo groups is 1. The number of carbonyl (C=O) groups is 1. The Morgan fingerprint density at radius 2 is 1.57 bits per heavy atom. The third-order valence-electron chi connectivity index (χ3n) is 2.65. The van der Waals surface area contributed by atoms with E-state index in [1.165, 1.54) is 12.1 Å². The first kappa shape index (κ1) is 15.1. The first-order chi connectivity index (χ1) is 10.2. The van der Waals surface area contributed by atoms with Crippen LogP contribution in [-0.4, -0.2) is 30.5 Å². The molecular formula is C13H12B2N2O4. The summed E-state index contributed by atoms with van der Waals surface area (Å²) in [5.74, 6) is 0. The van der Waals surface area contributed by atoms with Crippen LogP contribution in [0.25, 0.3) is 0 Å². The van der Waals surface area contributed by atoms with Crippen molar-refractivity contribution in [2.45, 2.75) is 0 Å². The molecule has 0 fully saturated rings. The number of benzene rings is 2. The van der Waals surface area contributed by atoms with Gasteiger partial charge in [-0.1, -0.05) is 18.2 Å². The number of rotatable bonds is 6. The van der Waals surface area contributed by atoms with Gasteiger partial charge in [-0.05, 0) is 36.4 Å². The fraction of sp³-hybridized carbons (Fsp3) is 0. The highest BCUT2D eigenvalue weighted by Gasteiger charge is 2.25. The molecule has 0 spiro atoms. The van der Waals surface area contributed by atoms with E-state index in [9.17, 15) is 9.82 Å². The molecule has 0 heterocycles. The zero-order valence-corrected chi connectivity index (χ0v) is 11.1. The maximum absolute atomic E-state index is 11.7. The number of carbonyl (C=O) groups excluding carboxylic acids is 1. The molecule has 2 aromatic carbocycles. The van der Waals surface area contributed by atoms with Gasteiger partial charge in [-0.15, -0.1) is 0 Å². The molecular weight excluding hydrogens is 270 g/mol. The highest BCUT2D eigenvalue weighted by Crippen LogP contribution is 2.18. The Bertz CT molecular complexity index is 620. The van der Waals surface area contributed by atoms with Gasteiger partial charge < -0.3 is 14.6 Å². The van der Waals surface area contributed by atoms with Crippen molar-refractivity contribution < 1.29 is 19.4 Å². The van der Waals surface area contributed by atoms with Crippen molar-refractivity contribution in [3.8, 4) is 0 Å². The lowest BCUT2D eigenvalue weighted by Crippen LogP contribution is -2.31. The van der Waals surface area contributed by atoms with E-state index >= 15 is 0 Å². The molecule has 0 atom stereocenters. The molecule has 21 heavy (non-hydrogen) atoms. The third-order valence-corrected chi connectivity index (χ3v) is 2.65. The average molecular weight is 282 g/mol. The summed E-state index contributed by atoms with van der Waals surface area (Å²) in [6.45, 7) is 0. The zero-order chi connectivity index (χ0) is 15.1. The van der Waals surface area contributed by atoms with E-state index < -0.39 is 20.5 Å². The van der Waals surface area contributed by atoms with Crippen molar-refractivity contribution in [3.63, 3.8) is 0 Å². The van der Waals surface area contributed by atoms with Crippen molar-refractivity contribution in [2.75, 3.05) is 0 Å². The van der Waals surface area contributed by atoms with Gasteiger partial charge in [0.05, 0.1) is 11.4 Å².